The fourth-order valence-corrected chi connectivity index (χ4v) is 2.37. The summed E-state index contributed by atoms with van der Waals surface area (Å²) >= 11 is 0. The molecule has 0 radical (unpaired) electrons. The summed E-state index contributed by atoms with van der Waals surface area (Å²) in [5.41, 5.74) is 5.94. The van der Waals surface area contributed by atoms with Crippen molar-refractivity contribution in [2.45, 2.75) is 0 Å². The van der Waals surface area contributed by atoms with Crippen molar-refractivity contribution in [2.24, 2.45) is 5.73 Å². The van der Waals surface area contributed by atoms with Crippen LogP contribution in [0.2, 0.25) is 0 Å². The van der Waals surface area contributed by atoms with Crippen LogP contribution in [0.3, 0.4) is 0 Å². The molecule has 0 aliphatic rings. The van der Waals surface area contributed by atoms with Crippen LogP contribution in [0.5, 0.6) is 5.88 Å². The van der Waals surface area contributed by atoms with Crippen molar-refractivity contribution in [3.05, 3.63) is 40.2 Å². The molecular formula is C18H26N4O6. The summed E-state index contributed by atoms with van der Waals surface area (Å²) in [5.74, 6) is -0.498. The number of aromatic nitrogens is 2. The van der Waals surface area contributed by atoms with Crippen molar-refractivity contribution in [2.75, 3.05) is 52.7 Å². The van der Waals surface area contributed by atoms with Gasteiger partial charge in [-0.1, -0.05) is 12.1 Å². The van der Waals surface area contributed by atoms with E-state index in [0.717, 1.165) is 0 Å². The molecule has 0 saturated carbocycles. The lowest BCUT2D eigenvalue weighted by Crippen LogP contribution is -2.27. The highest BCUT2D eigenvalue weighted by molar-refractivity contribution is 5.94. The SMILES string of the molecule is NCCOCCOCCOCCNC(=O)c1ccc(-c2c(O)[nH][nH]c2=O)cc1. The lowest BCUT2D eigenvalue weighted by molar-refractivity contribution is 0.0166. The van der Waals surface area contributed by atoms with Crippen LogP contribution in [0.25, 0.3) is 11.1 Å². The topological polar surface area (TPSA) is 152 Å². The van der Waals surface area contributed by atoms with Gasteiger partial charge in [0.05, 0.1) is 39.6 Å². The molecule has 1 heterocycles. The first kappa shape index (κ1) is 21.6. The number of aromatic amines is 2. The third kappa shape index (κ3) is 6.82. The van der Waals surface area contributed by atoms with Gasteiger partial charge in [0.1, 0.15) is 5.56 Å². The Morgan fingerprint density at radius 3 is 2.14 bits per heavy atom. The third-order valence-corrected chi connectivity index (χ3v) is 3.73. The molecule has 0 bridgehead atoms. The molecule has 0 aliphatic heterocycles. The number of benzene rings is 1. The quantitative estimate of drug-likeness (QED) is 0.295. The van der Waals surface area contributed by atoms with Gasteiger partial charge < -0.3 is 30.4 Å². The van der Waals surface area contributed by atoms with Crippen molar-refractivity contribution < 1.29 is 24.1 Å². The molecule has 1 aromatic heterocycles. The Morgan fingerprint density at radius 2 is 1.57 bits per heavy atom. The van der Waals surface area contributed by atoms with E-state index in [-0.39, 0.29) is 17.4 Å². The maximum atomic E-state index is 12.1. The molecule has 28 heavy (non-hydrogen) atoms. The summed E-state index contributed by atoms with van der Waals surface area (Å²) in [6.07, 6.45) is 0. The van der Waals surface area contributed by atoms with E-state index in [0.29, 0.717) is 63.9 Å². The van der Waals surface area contributed by atoms with Gasteiger partial charge >= 0.3 is 0 Å². The van der Waals surface area contributed by atoms with Crippen LogP contribution in [0, 0.1) is 0 Å². The molecule has 0 fully saturated rings. The summed E-state index contributed by atoms with van der Waals surface area (Å²) in [6.45, 7) is 3.61. The summed E-state index contributed by atoms with van der Waals surface area (Å²) in [7, 11) is 0. The maximum Gasteiger partial charge on any atom is 0.275 e. The van der Waals surface area contributed by atoms with Crippen molar-refractivity contribution >= 4 is 5.91 Å². The molecule has 10 nitrogen and oxygen atoms in total. The van der Waals surface area contributed by atoms with Crippen LogP contribution in [0.4, 0.5) is 0 Å². The zero-order valence-corrected chi connectivity index (χ0v) is 15.5. The molecule has 0 unspecified atom stereocenters. The number of nitrogens with two attached hydrogens (primary N) is 1. The standard InChI is InChI=1S/C18H26N4O6/c19-5-7-26-9-11-28-12-10-27-8-6-20-16(23)14-3-1-13(2-4-14)15-17(24)21-22-18(15)25/h1-4H,5-12,19H2,(H,20,23)(H3,21,22,24,25). The number of amides is 1. The van der Waals surface area contributed by atoms with Crippen LogP contribution < -0.4 is 16.6 Å². The van der Waals surface area contributed by atoms with Crippen molar-refractivity contribution in [3.63, 3.8) is 0 Å². The van der Waals surface area contributed by atoms with Gasteiger partial charge in [0, 0.05) is 18.7 Å². The first-order chi connectivity index (χ1) is 13.6. The van der Waals surface area contributed by atoms with E-state index in [4.69, 9.17) is 19.9 Å². The number of carbonyl (C=O) groups excluding carboxylic acids is 1. The number of nitrogens with one attached hydrogen (secondary N) is 3. The molecule has 1 aromatic carbocycles. The number of hydrogen-bond donors (Lipinski definition) is 5. The Kier molecular flexibility index (Phi) is 9.22. The molecule has 154 valence electrons. The number of hydrogen-bond acceptors (Lipinski definition) is 7. The number of ether oxygens (including phenoxy) is 3. The summed E-state index contributed by atoms with van der Waals surface area (Å²) in [5, 5.41) is 17.0. The van der Waals surface area contributed by atoms with Gasteiger partial charge in [-0.3, -0.25) is 19.8 Å². The minimum Gasteiger partial charge on any atom is -0.493 e. The number of H-pyrrole nitrogens is 2. The second-order valence-electron chi connectivity index (χ2n) is 5.76. The van der Waals surface area contributed by atoms with Gasteiger partial charge in [-0.05, 0) is 17.7 Å². The number of aromatic hydroxyl groups is 1. The average molecular weight is 394 g/mol. The molecule has 1 amide bonds. The van der Waals surface area contributed by atoms with Gasteiger partial charge in [-0.2, -0.15) is 0 Å². The second kappa shape index (κ2) is 11.9. The van der Waals surface area contributed by atoms with Crippen LogP contribution in [0.1, 0.15) is 10.4 Å². The lowest BCUT2D eigenvalue weighted by atomic mass is 10.1. The zero-order valence-electron chi connectivity index (χ0n) is 15.5. The minimum absolute atomic E-state index is 0.133. The van der Waals surface area contributed by atoms with Crippen LogP contribution in [-0.2, 0) is 14.2 Å². The summed E-state index contributed by atoms with van der Waals surface area (Å²) < 4.78 is 15.9. The molecular weight excluding hydrogens is 368 g/mol. The molecule has 0 spiro atoms. The van der Waals surface area contributed by atoms with Crippen molar-refractivity contribution in [3.8, 4) is 17.0 Å². The second-order valence-corrected chi connectivity index (χ2v) is 5.76. The first-order valence-corrected chi connectivity index (χ1v) is 8.95. The molecule has 6 N–H and O–H groups in total. The largest absolute Gasteiger partial charge is 0.493 e. The molecule has 0 aliphatic carbocycles. The zero-order chi connectivity index (χ0) is 20.2. The molecule has 10 heteroatoms. The Bertz CT molecular complexity index is 771. The van der Waals surface area contributed by atoms with E-state index < -0.39 is 5.56 Å². The Hall–Kier alpha value is -2.66. The Balaban J connectivity index is 1.61. The normalized spacial score (nSPS) is 10.9. The van der Waals surface area contributed by atoms with Crippen molar-refractivity contribution in [1.82, 2.24) is 15.5 Å². The predicted molar refractivity (Wildman–Crippen MR) is 102 cm³/mol. The molecule has 0 atom stereocenters. The fourth-order valence-electron chi connectivity index (χ4n) is 2.37. The van der Waals surface area contributed by atoms with Gasteiger partial charge in [0.15, 0.2) is 0 Å². The average Bonchev–Trinajstić information content (AvgIpc) is 3.04. The van der Waals surface area contributed by atoms with E-state index in [1.165, 1.54) is 0 Å². The maximum absolute atomic E-state index is 12.1. The highest BCUT2D eigenvalue weighted by Crippen LogP contribution is 2.23. The van der Waals surface area contributed by atoms with E-state index >= 15 is 0 Å². The van der Waals surface area contributed by atoms with E-state index in [1.54, 1.807) is 24.3 Å². The van der Waals surface area contributed by atoms with Crippen molar-refractivity contribution in [1.29, 1.82) is 0 Å². The lowest BCUT2D eigenvalue weighted by Gasteiger charge is -2.08. The van der Waals surface area contributed by atoms with Gasteiger partial charge in [-0.15, -0.1) is 0 Å². The van der Waals surface area contributed by atoms with E-state index in [1.807, 2.05) is 0 Å². The summed E-state index contributed by atoms with van der Waals surface area (Å²) in [6, 6.07) is 6.35. The number of rotatable bonds is 13. The van der Waals surface area contributed by atoms with Crippen LogP contribution in [-0.4, -0.2) is 73.9 Å². The highest BCUT2D eigenvalue weighted by atomic mass is 16.5. The summed E-state index contributed by atoms with van der Waals surface area (Å²) in [4.78, 5) is 23.7. The molecule has 2 rings (SSSR count). The Labute approximate surface area is 162 Å². The molecule has 0 saturated heterocycles. The third-order valence-electron chi connectivity index (χ3n) is 3.73. The monoisotopic (exact) mass is 394 g/mol. The van der Waals surface area contributed by atoms with Gasteiger partial charge in [-0.25, -0.2) is 0 Å². The van der Waals surface area contributed by atoms with E-state index in [9.17, 15) is 14.7 Å². The molecule has 2 aromatic rings. The smallest absolute Gasteiger partial charge is 0.275 e. The van der Waals surface area contributed by atoms with Crippen LogP contribution >= 0.6 is 0 Å². The number of carbonyl (C=O) groups is 1. The minimum atomic E-state index is -0.432. The predicted octanol–water partition coefficient (Wildman–Crippen LogP) is -0.186. The fraction of sp³-hybridized carbons (Fsp3) is 0.444. The van der Waals surface area contributed by atoms with Gasteiger partial charge in [0.25, 0.3) is 11.5 Å². The van der Waals surface area contributed by atoms with E-state index in [2.05, 4.69) is 15.5 Å². The van der Waals surface area contributed by atoms with Gasteiger partial charge in [0.2, 0.25) is 5.88 Å². The first-order valence-electron chi connectivity index (χ1n) is 8.95. The highest BCUT2D eigenvalue weighted by Gasteiger charge is 2.12. The Morgan fingerprint density at radius 1 is 0.964 bits per heavy atom. The van der Waals surface area contributed by atoms with Crippen LogP contribution in [0.15, 0.2) is 29.1 Å².